The van der Waals surface area contributed by atoms with Gasteiger partial charge in [0.1, 0.15) is 5.69 Å². The molecule has 0 aliphatic carbocycles. The Morgan fingerprint density at radius 2 is 1.68 bits per heavy atom. The maximum Gasteiger partial charge on any atom is 0.212 e. The van der Waals surface area contributed by atoms with Gasteiger partial charge < -0.3 is 5.11 Å². The number of benzene rings is 2. The van der Waals surface area contributed by atoms with Gasteiger partial charge in [0.25, 0.3) is 0 Å². The van der Waals surface area contributed by atoms with Crippen LogP contribution in [0.4, 0.5) is 0 Å². The number of aromatic nitrogens is 3. The highest BCUT2D eigenvalue weighted by Crippen LogP contribution is 2.41. The minimum atomic E-state index is 0.359. The van der Waals surface area contributed by atoms with Crippen molar-refractivity contribution >= 4 is 52.6 Å². The fourth-order valence-corrected chi connectivity index (χ4v) is 6.17. The molecule has 4 aromatic rings. The molecule has 0 atom stereocenters. The molecule has 2 aromatic carbocycles. The first-order valence-corrected chi connectivity index (χ1v) is 12.9. The number of hydrogen-bond acceptors (Lipinski definition) is 6. The highest BCUT2D eigenvalue weighted by atomic mass is 35.5. The molecule has 2 heterocycles. The highest BCUT2D eigenvalue weighted by molar-refractivity contribution is 8.01. The van der Waals surface area contributed by atoms with Gasteiger partial charge >= 0.3 is 0 Å². The van der Waals surface area contributed by atoms with E-state index in [1.54, 1.807) is 22.5 Å². The summed E-state index contributed by atoms with van der Waals surface area (Å²) in [6, 6.07) is 13.6. The first-order chi connectivity index (χ1) is 16.3. The number of aryl methyl sites for hydroxylation is 2. The van der Waals surface area contributed by atoms with E-state index in [9.17, 15) is 4.79 Å². The monoisotopic (exact) mass is 533 g/mol. The predicted molar refractivity (Wildman–Crippen MR) is 144 cm³/mol. The molecule has 0 amide bonds. The molecule has 178 valence electrons. The fourth-order valence-electron chi connectivity index (χ4n) is 3.38. The summed E-state index contributed by atoms with van der Waals surface area (Å²) in [5.41, 5.74) is 5.89. The maximum absolute atomic E-state index is 12.2. The first kappa shape index (κ1) is 26.4. The van der Waals surface area contributed by atoms with Crippen molar-refractivity contribution in [2.24, 2.45) is 0 Å². The van der Waals surface area contributed by atoms with Crippen LogP contribution in [0.2, 0.25) is 10.0 Å². The number of hydrogen-bond donors (Lipinski definition) is 1. The summed E-state index contributed by atoms with van der Waals surface area (Å²) in [5.74, 6) is 0. The summed E-state index contributed by atoms with van der Waals surface area (Å²) in [4.78, 5) is 17.1. The minimum absolute atomic E-state index is 0.359. The summed E-state index contributed by atoms with van der Waals surface area (Å²) in [6.45, 7) is 8.21. The smallest absolute Gasteiger partial charge is 0.212 e. The van der Waals surface area contributed by atoms with E-state index in [0.29, 0.717) is 26.1 Å². The van der Waals surface area contributed by atoms with Crippen LogP contribution in [0.25, 0.3) is 27.5 Å². The Bertz CT molecular complexity index is 1300. The second-order valence-electron chi connectivity index (χ2n) is 7.67. The number of thioether (sulfide) groups is 1. The predicted octanol–water partition coefficient (Wildman–Crippen LogP) is 7.51. The van der Waals surface area contributed by atoms with Crippen LogP contribution < -0.4 is 0 Å². The number of halogens is 2. The van der Waals surface area contributed by atoms with E-state index >= 15 is 0 Å². The van der Waals surface area contributed by atoms with E-state index in [1.807, 2.05) is 50.2 Å². The highest BCUT2D eigenvalue weighted by Gasteiger charge is 2.23. The van der Waals surface area contributed by atoms with Crippen LogP contribution in [0.1, 0.15) is 35.6 Å². The fraction of sp³-hybridized carbons (Fsp3) is 0.240. The van der Waals surface area contributed by atoms with Crippen molar-refractivity contribution in [2.75, 3.05) is 7.11 Å². The van der Waals surface area contributed by atoms with Crippen molar-refractivity contribution in [2.45, 2.75) is 37.2 Å². The molecular formula is C25H25Cl2N3O2S2. The van der Waals surface area contributed by atoms with Gasteiger partial charge in [-0.05, 0) is 31.5 Å². The van der Waals surface area contributed by atoms with Crippen LogP contribution in [-0.2, 0) is 0 Å². The zero-order valence-corrected chi connectivity index (χ0v) is 22.6. The van der Waals surface area contributed by atoms with Crippen LogP contribution in [0.3, 0.4) is 0 Å². The molecule has 0 saturated heterocycles. The zero-order valence-electron chi connectivity index (χ0n) is 19.5. The third-order valence-electron chi connectivity index (χ3n) is 4.85. The third-order valence-corrected chi connectivity index (χ3v) is 7.83. The number of aliphatic hydroxyl groups is 1. The van der Waals surface area contributed by atoms with Crippen LogP contribution in [0.15, 0.2) is 46.7 Å². The number of nitrogens with zero attached hydrogens (tertiary/aromatic N) is 3. The second kappa shape index (κ2) is 11.5. The van der Waals surface area contributed by atoms with Crippen molar-refractivity contribution in [1.29, 1.82) is 0 Å². The largest absolute Gasteiger partial charge is 0.400 e. The second-order valence-corrected chi connectivity index (χ2v) is 11.3. The normalized spacial score (nSPS) is 10.9. The van der Waals surface area contributed by atoms with E-state index in [-0.39, 0.29) is 0 Å². The average molecular weight is 535 g/mol. The minimum Gasteiger partial charge on any atom is -0.400 e. The number of carbonyl (C=O) groups excluding carboxylic acids is 1. The Morgan fingerprint density at radius 3 is 2.26 bits per heavy atom. The van der Waals surface area contributed by atoms with E-state index in [2.05, 4.69) is 18.9 Å². The number of aldehydes is 1. The Morgan fingerprint density at radius 1 is 1.03 bits per heavy atom. The van der Waals surface area contributed by atoms with Crippen LogP contribution >= 0.6 is 46.3 Å². The van der Waals surface area contributed by atoms with E-state index in [0.717, 1.165) is 51.2 Å². The van der Waals surface area contributed by atoms with Gasteiger partial charge in [-0.1, -0.05) is 84.3 Å². The average Bonchev–Trinajstić information content (AvgIpc) is 3.37. The number of aliphatic hydroxyl groups excluding tert-OH is 1. The van der Waals surface area contributed by atoms with Crippen molar-refractivity contribution in [3.8, 4) is 27.5 Å². The molecule has 0 unspecified atom stereocenters. The standard InChI is InChI=1S/C24H21Cl2N3OS2.CH4O/c1-13(2)31-23-22(17-9-10-18(25)19(26)11-17)27-24(32-23)29-20(12-30)21(15(4)28-29)16-7-5-14(3)6-8-16;1-2/h5-13H,1-4H3;2H,1H3. The molecule has 5 nitrogen and oxygen atoms in total. The molecule has 0 spiro atoms. The van der Waals surface area contributed by atoms with Gasteiger partial charge in [0.15, 0.2) is 6.29 Å². The molecule has 0 aliphatic heterocycles. The summed E-state index contributed by atoms with van der Waals surface area (Å²) < 4.78 is 2.68. The molecule has 4 rings (SSSR count). The summed E-state index contributed by atoms with van der Waals surface area (Å²) in [7, 11) is 1.00. The van der Waals surface area contributed by atoms with Gasteiger partial charge in [0, 0.05) is 23.5 Å². The molecular weight excluding hydrogens is 509 g/mol. The SMILES string of the molecule is CO.Cc1ccc(-c2c(C)nn(-c3nc(-c4ccc(Cl)c(Cl)c4)c(SC(C)C)s3)c2C=O)cc1. The number of rotatable bonds is 6. The maximum atomic E-state index is 12.2. The van der Waals surface area contributed by atoms with Crippen LogP contribution in [0.5, 0.6) is 0 Å². The molecule has 0 radical (unpaired) electrons. The first-order valence-electron chi connectivity index (χ1n) is 10.5. The molecule has 2 aromatic heterocycles. The van der Waals surface area contributed by atoms with Crippen molar-refractivity contribution in [1.82, 2.24) is 14.8 Å². The van der Waals surface area contributed by atoms with Crippen molar-refractivity contribution < 1.29 is 9.90 Å². The van der Waals surface area contributed by atoms with E-state index in [1.165, 1.54) is 11.3 Å². The quantitative estimate of drug-likeness (QED) is 0.205. The summed E-state index contributed by atoms with van der Waals surface area (Å²) >= 11 is 15.6. The lowest BCUT2D eigenvalue weighted by Gasteiger charge is -2.05. The van der Waals surface area contributed by atoms with E-state index < -0.39 is 0 Å². The Labute approximate surface area is 217 Å². The zero-order chi connectivity index (χ0) is 25.0. The summed E-state index contributed by atoms with van der Waals surface area (Å²) in [5, 5.41) is 13.7. The lowest BCUT2D eigenvalue weighted by molar-refractivity contribution is 0.111. The summed E-state index contributed by atoms with van der Waals surface area (Å²) in [6.07, 6.45) is 0.852. The topological polar surface area (TPSA) is 68.0 Å². The molecule has 34 heavy (non-hydrogen) atoms. The molecule has 0 fully saturated rings. The number of carbonyl (C=O) groups is 1. The molecule has 0 aliphatic rings. The lowest BCUT2D eigenvalue weighted by Crippen LogP contribution is -2.01. The molecule has 9 heteroatoms. The Kier molecular flexibility index (Phi) is 8.95. The van der Waals surface area contributed by atoms with Crippen molar-refractivity contribution in [3.63, 3.8) is 0 Å². The Hall–Kier alpha value is -2.16. The van der Waals surface area contributed by atoms with Crippen molar-refractivity contribution in [3.05, 3.63) is 69.5 Å². The molecule has 0 bridgehead atoms. The van der Waals surface area contributed by atoms with Crippen LogP contribution in [-0.4, -0.2) is 38.5 Å². The van der Waals surface area contributed by atoms with E-state index in [4.69, 9.17) is 33.3 Å². The van der Waals surface area contributed by atoms with Gasteiger partial charge in [0.05, 0.1) is 25.6 Å². The van der Waals surface area contributed by atoms with Gasteiger partial charge in [-0.25, -0.2) is 9.67 Å². The number of thiazole rings is 1. The molecule has 0 saturated carbocycles. The van der Waals surface area contributed by atoms with Gasteiger partial charge in [-0.2, -0.15) is 5.10 Å². The third kappa shape index (κ3) is 5.56. The molecule has 1 N–H and O–H groups in total. The Balaban J connectivity index is 0.00000158. The van der Waals surface area contributed by atoms with Gasteiger partial charge in [-0.15, -0.1) is 11.8 Å². The van der Waals surface area contributed by atoms with Crippen LogP contribution in [0, 0.1) is 13.8 Å². The lowest BCUT2D eigenvalue weighted by atomic mass is 10.0. The van der Waals surface area contributed by atoms with Gasteiger partial charge in [-0.3, -0.25) is 4.79 Å². The van der Waals surface area contributed by atoms with Gasteiger partial charge in [0.2, 0.25) is 5.13 Å².